The number of alkyl halides is 3. The van der Waals surface area contributed by atoms with Gasteiger partial charge in [0.05, 0.1) is 10.6 Å². The number of sulfone groups is 1. The Morgan fingerprint density at radius 1 is 0.922 bits per heavy atom. The molecule has 0 unspecified atom stereocenters. The maximum absolute atomic E-state index is 14.2. The number of benzene rings is 3. The summed E-state index contributed by atoms with van der Waals surface area (Å²) < 4.78 is 97.7. The fourth-order valence-corrected chi connectivity index (χ4v) is 11.5. The highest BCUT2D eigenvalue weighted by Gasteiger charge is 2.48. The third-order valence-electron chi connectivity index (χ3n) is 12.4. The molecule has 0 aromatic heterocycles. The van der Waals surface area contributed by atoms with Crippen LogP contribution in [0.1, 0.15) is 76.1 Å². The highest BCUT2D eigenvalue weighted by atomic mass is 32.2. The molecule has 350 valence electrons. The van der Waals surface area contributed by atoms with Crippen molar-refractivity contribution in [2.24, 2.45) is 5.41 Å². The van der Waals surface area contributed by atoms with E-state index in [2.05, 4.69) is 52.7 Å². The fraction of sp³-hybridized carbons (Fsp3) is 0.511. The number of allylic oxidation sites excluding steroid dienone is 2. The third kappa shape index (κ3) is 13.1. The van der Waals surface area contributed by atoms with Gasteiger partial charge in [0.2, 0.25) is 0 Å². The lowest BCUT2D eigenvalue weighted by atomic mass is 9.72. The number of sulfonamides is 1. The minimum atomic E-state index is -6.04. The Balaban J connectivity index is 1.12. The number of unbranched alkanes of at least 4 members (excludes halogenated alkanes) is 1. The maximum atomic E-state index is 14.2. The lowest BCUT2D eigenvalue weighted by molar-refractivity contribution is -0.0435. The molecule has 0 spiro atoms. The molecule has 2 aliphatic heterocycles. The van der Waals surface area contributed by atoms with Gasteiger partial charge < -0.3 is 20.4 Å². The van der Waals surface area contributed by atoms with E-state index in [0.717, 1.165) is 120 Å². The van der Waals surface area contributed by atoms with Crippen molar-refractivity contribution >= 4 is 48.9 Å². The lowest BCUT2D eigenvalue weighted by Gasteiger charge is -2.39. The van der Waals surface area contributed by atoms with E-state index in [1.807, 2.05) is 35.1 Å². The molecule has 0 bridgehead atoms. The number of piperazine rings is 2. The summed E-state index contributed by atoms with van der Waals surface area (Å²) >= 11 is 1.47. The van der Waals surface area contributed by atoms with Gasteiger partial charge in [-0.3, -0.25) is 9.69 Å². The molecule has 1 amide bonds. The van der Waals surface area contributed by atoms with Crippen LogP contribution in [-0.4, -0.2) is 115 Å². The first kappa shape index (κ1) is 49.6. The molecule has 64 heavy (non-hydrogen) atoms. The zero-order chi connectivity index (χ0) is 46.1. The molecular formula is C47H63F3N6O5S3. The fourth-order valence-electron chi connectivity index (χ4n) is 8.46. The largest absolute Gasteiger partial charge is 0.501 e. The van der Waals surface area contributed by atoms with Crippen LogP contribution in [0.2, 0.25) is 0 Å². The Bertz CT molecular complexity index is 2330. The van der Waals surface area contributed by atoms with Gasteiger partial charge in [-0.2, -0.15) is 13.2 Å². The molecule has 11 nitrogen and oxygen atoms in total. The van der Waals surface area contributed by atoms with E-state index in [4.69, 9.17) is 0 Å². The SMILES string of the molecule is C=C(CCCC)C1=C(CN2CCN(c3ccc(C(=O)NS(=O)(=O)c4ccc(N[C@H](CCN5CCNCC5)CSc5ccccc5)c(S(=O)(=O)C(F)(F)F)c4)cc3)CC2)CCC(C)(C)C1. The van der Waals surface area contributed by atoms with Crippen molar-refractivity contribution in [3.63, 3.8) is 0 Å². The van der Waals surface area contributed by atoms with E-state index in [1.165, 1.54) is 40.6 Å². The number of carbonyl (C=O) groups is 1. The van der Waals surface area contributed by atoms with Gasteiger partial charge >= 0.3 is 5.51 Å². The minimum absolute atomic E-state index is 0.0126. The molecule has 17 heteroatoms. The Labute approximate surface area is 382 Å². The maximum Gasteiger partial charge on any atom is 0.501 e. The van der Waals surface area contributed by atoms with Crippen LogP contribution in [0.5, 0.6) is 0 Å². The van der Waals surface area contributed by atoms with Gasteiger partial charge in [0.25, 0.3) is 25.8 Å². The van der Waals surface area contributed by atoms with Crippen molar-refractivity contribution in [1.29, 1.82) is 0 Å². The van der Waals surface area contributed by atoms with Gasteiger partial charge in [-0.1, -0.05) is 63.1 Å². The van der Waals surface area contributed by atoms with E-state index in [0.29, 0.717) is 24.8 Å². The molecule has 2 fully saturated rings. The standard InChI is InChI=1S/C47H63F3N6O5S3/c1-5-6-10-35(2)42-32-46(3,4)21-19-37(42)33-55-27-29-56(30-28-55)39-15-13-36(14-16-39)45(57)53-64(60,61)41-17-18-43(44(31-41)63(58,59)47(48,49)50)52-38(20-24-54-25-22-51-23-26-54)34-62-40-11-8-7-9-12-40/h7-9,11-18,31,38,51-52H,2,5-6,10,19-30,32-34H2,1,3-4H3,(H,53,57)/t38-/m1/s1. The first-order valence-electron chi connectivity index (χ1n) is 22.2. The summed E-state index contributed by atoms with van der Waals surface area (Å²) in [6.45, 7) is 19.3. The second-order valence-corrected chi connectivity index (χ2v) is 22.5. The first-order chi connectivity index (χ1) is 30.3. The minimum Gasteiger partial charge on any atom is -0.380 e. The van der Waals surface area contributed by atoms with Gasteiger partial charge in [-0.15, -0.1) is 11.8 Å². The number of thioether (sulfide) groups is 1. The van der Waals surface area contributed by atoms with Crippen molar-refractivity contribution in [3.05, 3.63) is 102 Å². The van der Waals surface area contributed by atoms with Gasteiger partial charge in [0.15, 0.2) is 0 Å². The average Bonchev–Trinajstić information content (AvgIpc) is 3.27. The van der Waals surface area contributed by atoms with Crippen molar-refractivity contribution in [1.82, 2.24) is 19.8 Å². The third-order valence-corrected chi connectivity index (χ3v) is 16.4. The lowest BCUT2D eigenvalue weighted by Crippen LogP contribution is -2.47. The van der Waals surface area contributed by atoms with E-state index in [9.17, 15) is 34.8 Å². The normalized spacial score (nSPS) is 18.4. The Kier molecular flexibility index (Phi) is 16.7. The number of carbonyl (C=O) groups excluding carboxylic acids is 1. The van der Waals surface area contributed by atoms with Crippen LogP contribution >= 0.6 is 11.8 Å². The molecule has 0 radical (unpaired) electrons. The summed E-state index contributed by atoms with van der Waals surface area (Å²) in [5.41, 5.74) is -0.725. The molecule has 6 rings (SSSR count). The summed E-state index contributed by atoms with van der Waals surface area (Å²) in [6, 6.07) is 17.9. The number of halogens is 3. The number of anilines is 2. The molecule has 3 N–H and O–H groups in total. The summed E-state index contributed by atoms with van der Waals surface area (Å²) in [5, 5.41) is 6.30. The molecule has 1 atom stereocenters. The van der Waals surface area contributed by atoms with Crippen LogP contribution in [0.15, 0.2) is 111 Å². The quantitative estimate of drug-likeness (QED) is 0.100. The van der Waals surface area contributed by atoms with Crippen LogP contribution in [0, 0.1) is 5.41 Å². The van der Waals surface area contributed by atoms with E-state index in [1.54, 1.807) is 12.1 Å². The summed E-state index contributed by atoms with van der Waals surface area (Å²) in [5.74, 6) is -0.620. The number of amides is 1. The van der Waals surface area contributed by atoms with E-state index >= 15 is 0 Å². The number of rotatable bonds is 19. The molecular weight excluding hydrogens is 882 g/mol. The summed E-state index contributed by atoms with van der Waals surface area (Å²) in [7, 11) is -10.9. The second-order valence-electron chi connectivity index (χ2n) is 17.8. The van der Waals surface area contributed by atoms with Crippen molar-refractivity contribution in [2.45, 2.75) is 92.0 Å². The van der Waals surface area contributed by atoms with Crippen LogP contribution in [-0.2, 0) is 19.9 Å². The zero-order valence-corrected chi connectivity index (χ0v) is 39.6. The number of nitrogens with one attached hydrogen (secondary N) is 3. The van der Waals surface area contributed by atoms with Crippen LogP contribution in [0.3, 0.4) is 0 Å². The number of nitrogens with zero attached hydrogens (tertiary/aromatic N) is 3. The molecule has 2 saturated heterocycles. The zero-order valence-electron chi connectivity index (χ0n) is 37.2. The van der Waals surface area contributed by atoms with Crippen LogP contribution in [0.25, 0.3) is 0 Å². The average molecular weight is 945 g/mol. The second kappa shape index (κ2) is 21.6. The van der Waals surface area contributed by atoms with E-state index in [-0.39, 0.29) is 16.7 Å². The Morgan fingerprint density at radius 2 is 1.61 bits per heavy atom. The predicted molar refractivity (Wildman–Crippen MR) is 251 cm³/mol. The van der Waals surface area contributed by atoms with Crippen LogP contribution in [0.4, 0.5) is 24.5 Å². The predicted octanol–water partition coefficient (Wildman–Crippen LogP) is 8.34. The Morgan fingerprint density at radius 3 is 2.27 bits per heavy atom. The number of hydrogen-bond acceptors (Lipinski definition) is 11. The molecule has 2 heterocycles. The molecule has 0 saturated carbocycles. The molecule has 3 aromatic carbocycles. The smallest absolute Gasteiger partial charge is 0.380 e. The highest BCUT2D eigenvalue weighted by molar-refractivity contribution is 7.99. The van der Waals surface area contributed by atoms with Crippen molar-refractivity contribution in [3.8, 4) is 0 Å². The highest BCUT2D eigenvalue weighted by Crippen LogP contribution is 2.42. The number of hydrogen-bond donors (Lipinski definition) is 3. The van der Waals surface area contributed by atoms with Gasteiger partial charge in [0, 0.05) is 93.4 Å². The molecule has 1 aliphatic carbocycles. The summed E-state index contributed by atoms with van der Waals surface area (Å²) in [4.78, 5) is 19.1. The summed E-state index contributed by atoms with van der Waals surface area (Å²) in [6.07, 6.45) is 7.09. The van der Waals surface area contributed by atoms with Crippen LogP contribution < -0.4 is 20.3 Å². The topological polar surface area (TPSA) is 131 Å². The van der Waals surface area contributed by atoms with Gasteiger partial charge in [0.1, 0.15) is 4.90 Å². The molecule has 3 aromatic rings. The van der Waals surface area contributed by atoms with Crippen molar-refractivity contribution in [2.75, 3.05) is 81.4 Å². The van der Waals surface area contributed by atoms with Gasteiger partial charge in [-0.25, -0.2) is 21.6 Å². The van der Waals surface area contributed by atoms with E-state index < -0.39 is 47.1 Å². The molecule has 3 aliphatic rings. The monoisotopic (exact) mass is 944 g/mol. The first-order valence-corrected chi connectivity index (χ1v) is 26.2. The van der Waals surface area contributed by atoms with Crippen molar-refractivity contribution < 1.29 is 34.8 Å². The Hall–Kier alpha value is -3.87. The van der Waals surface area contributed by atoms with Gasteiger partial charge in [-0.05, 0) is 104 Å².